The van der Waals surface area contributed by atoms with Crippen molar-refractivity contribution in [2.24, 2.45) is 5.16 Å². The van der Waals surface area contributed by atoms with Crippen molar-refractivity contribution in [3.05, 3.63) is 18.2 Å². The van der Waals surface area contributed by atoms with Crippen LogP contribution in [0.4, 0.5) is 0 Å². The topological polar surface area (TPSA) is 39.4 Å². The lowest BCUT2D eigenvalue weighted by Gasteiger charge is -2.04. The maximum absolute atomic E-state index is 5.71. The second kappa shape index (κ2) is 4.66. The van der Waals surface area contributed by atoms with E-state index in [1.165, 1.54) is 0 Å². The quantitative estimate of drug-likeness (QED) is 0.739. The second-order valence-electron chi connectivity index (χ2n) is 3.60. The summed E-state index contributed by atoms with van der Waals surface area (Å²) in [6.45, 7) is 3.10. The summed E-state index contributed by atoms with van der Waals surface area (Å²) in [4.78, 5) is 9.32. The molecule has 0 radical (unpaired) electrons. The highest BCUT2D eigenvalue weighted by molar-refractivity contribution is 6.18. The minimum Gasteiger partial charge on any atom is -0.391 e. The van der Waals surface area contributed by atoms with Crippen LogP contribution in [0.1, 0.15) is 25.5 Å². The zero-order chi connectivity index (χ0) is 10.7. The Morgan fingerprint density at radius 3 is 3.20 bits per heavy atom. The van der Waals surface area contributed by atoms with Crippen LogP contribution in [0.25, 0.3) is 0 Å². The molecule has 1 unspecified atom stereocenters. The molecule has 0 N–H and O–H groups in total. The smallest absolute Gasteiger partial charge is 0.146 e. The molecule has 1 aliphatic rings. The average Bonchev–Trinajstić information content (AvgIpc) is 2.85. The number of alkyl halides is 1. The average molecular weight is 228 g/mol. The minimum absolute atomic E-state index is 0.0200. The monoisotopic (exact) mass is 227 g/mol. The van der Waals surface area contributed by atoms with E-state index in [1.54, 1.807) is 0 Å². The van der Waals surface area contributed by atoms with E-state index in [2.05, 4.69) is 21.6 Å². The molecule has 0 bridgehead atoms. The largest absolute Gasteiger partial charge is 0.391 e. The summed E-state index contributed by atoms with van der Waals surface area (Å²) in [7, 11) is 0. The Kier molecular flexibility index (Phi) is 3.26. The molecular weight excluding hydrogens is 214 g/mol. The van der Waals surface area contributed by atoms with Crippen molar-refractivity contribution in [1.29, 1.82) is 0 Å². The van der Waals surface area contributed by atoms with Gasteiger partial charge in [0.05, 0.1) is 24.1 Å². The van der Waals surface area contributed by atoms with Crippen molar-refractivity contribution < 1.29 is 4.84 Å². The van der Waals surface area contributed by atoms with Gasteiger partial charge in [-0.25, -0.2) is 4.98 Å². The number of hydrogen-bond acceptors (Lipinski definition) is 3. The predicted molar refractivity (Wildman–Crippen MR) is 59.3 cm³/mol. The Labute approximate surface area is 93.9 Å². The molecule has 0 saturated heterocycles. The van der Waals surface area contributed by atoms with Crippen molar-refractivity contribution in [2.45, 2.75) is 32.4 Å². The molecule has 0 fully saturated rings. The molecular formula is C10H14ClN3O. The summed E-state index contributed by atoms with van der Waals surface area (Å²) < 4.78 is 2.10. The third kappa shape index (κ3) is 2.15. The molecule has 1 aliphatic heterocycles. The summed E-state index contributed by atoms with van der Waals surface area (Å²) in [6.07, 6.45) is 5.53. The summed E-state index contributed by atoms with van der Waals surface area (Å²) >= 11 is 5.71. The van der Waals surface area contributed by atoms with Gasteiger partial charge in [-0.1, -0.05) is 12.1 Å². The number of rotatable bonds is 4. The molecule has 0 aromatic carbocycles. The highest BCUT2D eigenvalue weighted by atomic mass is 35.5. The van der Waals surface area contributed by atoms with Gasteiger partial charge in [0.2, 0.25) is 0 Å². The van der Waals surface area contributed by atoms with Crippen LogP contribution in [-0.4, -0.2) is 27.2 Å². The number of aryl methyl sites for hydroxylation is 1. The molecule has 2 rings (SSSR count). The third-order valence-corrected chi connectivity index (χ3v) is 2.72. The van der Waals surface area contributed by atoms with E-state index < -0.39 is 0 Å². The summed E-state index contributed by atoms with van der Waals surface area (Å²) in [5.41, 5.74) is 2.00. The molecule has 0 spiro atoms. The Bertz CT molecular complexity index is 361. The maximum atomic E-state index is 5.71. The summed E-state index contributed by atoms with van der Waals surface area (Å²) in [6, 6.07) is 0. The SMILES string of the molecule is CCCn1cncc1C1=NOC(CCl)C1. The van der Waals surface area contributed by atoms with Gasteiger partial charge in [-0.15, -0.1) is 11.6 Å². The first-order valence-electron chi connectivity index (χ1n) is 5.14. The fourth-order valence-electron chi connectivity index (χ4n) is 1.64. The highest BCUT2D eigenvalue weighted by Crippen LogP contribution is 2.17. The Hall–Kier alpha value is -1.03. The lowest BCUT2D eigenvalue weighted by molar-refractivity contribution is 0.102. The van der Waals surface area contributed by atoms with E-state index >= 15 is 0 Å². The van der Waals surface area contributed by atoms with Gasteiger partial charge in [0.1, 0.15) is 11.8 Å². The normalized spacial score (nSPS) is 20.1. The van der Waals surface area contributed by atoms with E-state index in [1.807, 2.05) is 12.5 Å². The van der Waals surface area contributed by atoms with Crippen molar-refractivity contribution in [1.82, 2.24) is 9.55 Å². The van der Waals surface area contributed by atoms with Crippen LogP contribution in [0.15, 0.2) is 17.7 Å². The second-order valence-corrected chi connectivity index (χ2v) is 3.90. The molecule has 2 heterocycles. The molecule has 0 saturated carbocycles. The lowest BCUT2D eigenvalue weighted by atomic mass is 10.1. The number of hydrogen-bond donors (Lipinski definition) is 0. The van der Waals surface area contributed by atoms with Gasteiger partial charge in [0.15, 0.2) is 0 Å². The first-order chi connectivity index (χ1) is 7.35. The van der Waals surface area contributed by atoms with E-state index in [0.717, 1.165) is 30.8 Å². The highest BCUT2D eigenvalue weighted by Gasteiger charge is 2.23. The molecule has 1 aromatic rings. The summed E-state index contributed by atoms with van der Waals surface area (Å²) in [5, 5.41) is 4.04. The van der Waals surface area contributed by atoms with Gasteiger partial charge in [0, 0.05) is 13.0 Å². The first-order valence-corrected chi connectivity index (χ1v) is 5.67. The number of oxime groups is 1. The molecule has 0 amide bonds. The minimum atomic E-state index is 0.0200. The first kappa shape index (κ1) is 10.5. The van der Waals surface area contributed by atoms with Crippen LogP contribution in [-0.2, 0) is 11.4 Å². The van der Waals surface area contributed by atoms with Crippen LogP contribution in [0, 0.1) is 0 Å². The number of nitrogens with zero attached hydrogens (tertiary/aromatic N) is 3. The van der Waals surface area contributed by atoms with Crippen LogP contribution in [0.2, 0.25) is 0 Å². The molecule has 0 aliphatic carbocycles. The van der Waals surface area contributed by atoms with Gasteiger partial charge >= 0.3 is 0 Å². The Morgan fingerprint density at radius 1 is 1.67 bits per heavy atom. The summed E-state index contributed by atoms with van der Waals surface area (Å²) in [5.74, 6) is 0.481. The van der Waals surface area contributed by atoms with Crippen LogP contribution >= 0.6 is 11.6 Å². The van der Waals surface area contributed by atoms with Crippen LogP contribution in [0.3, 0.4) is 0 Å². The van der Waals surface area contributed by atoms with Gasteiger partial charge in [-0.2, -0.15) is 0 Å². The van der Waals surface area contributed by atoms with Crippen LogP contribution in [0.5, 0.6) is 0 Å². The van der Waals surface area contributed by atoms with E-state index in [0.29, 0.717) is 5.88 Å². The Balaban J connectivity index is 2.13. The fraction of sp³-hybridized carbons (Fsp3) is 0.600. The zero-order valence-electron chi connectivity index (χ0n) is 8.69. The van der Waals surface area contributed by atoms with Gasteiger partial charge in [-0.05, 0) is 6.42 Å². The molecule has 15 heavy (non-hydrogen) atoms. The molecule has 1 atom stereocenters. The third-order valence-electron chi connectivity index (χ3n) is 2.38. The maximum Gasteiger partial charge on any atom is 0.146 e. The molecule has 1 aromatic heterocycles. The standard InChI is InChI=1S/C10H14ClN3O/c1-2-3-14-7-12-6-10(14)9-4-8(5-11)15-13-9/h6-8H,2-5H2,1H3. The van der Waals surface area contributed by atoms with Crippen molar-refractivity contribution in [3.8, 4) is 0 Å². The number of aromatic nitrogens is 2. The molecule has 4 nitrogen and oxygen atoms in total. The van der Waals surface area contributed by atoms with Crippen molar-refractivity contribution >= 4 is 17.3 Å². The van der Waals surface area contributed by atoms with Gasteiger partial charge in [0.25, 0.3) is 0 Å². The van der Waals surface area contributed by atoms with Crippen molar-refractivity contribution in [3.63, 3.8) is 0 Å². The fourth-order valence-corrected chi connectivity index (χ4v) is 1.81. The molecule has 5 heteroatoms. The predicted octanol–water partition coefficient (Wildman–Crippen LogP) is 2.02. The Morgan fingerprint density at radius 2 is 2.53 bits per heavy atom. The number of halogens is 1. The van der Waals surface area contributed by atoms with Crippen LogP contribution < -0.4 is 0 Å². The lowest BCUT2D eigenvalue weighted by Crippen LogP contribution is -2.12. The number of imidazole rings is 1. The molecule has 82 valence electrons. The van der Waals surface area contributed by atoms with E-state index in [4.69, 9.17) is 16.4 Å². The van der Waals surface area contributed by atoms with Crippen molar-refractivity contribution in [2.75, 3.05) is 5.88 Å². The zero-order valence-corrected chi connectivity index (χ0v) is 9.44. The van der Waals surface area contributed by atoms with E-state index in [9.17, 15) is 0 Å². The van der Waals surface area contributed by atoms with E-state index in [-0.39, 0.29) is 6.10 Å². The van der Waals surface area contributed by atoms with Gasteiger partial charge < -0.3 is 9.40 Å². The van der Waals surface area contributed by atoms with Gasteiger partial charge in [-0.3, -0.25) is 0 Å².